The molecule has 0 aromatic rings. The molecule has 96 valence electrons. The number of nitrogens with one attached hydrogen (secondary N) is 2. The molecule has 0 saturated carbocycles. The van der Waals surface area contributed by atoms with Gasteiger partial charge in [-0.05, 0) is 12.8 Å². The summed E-state index contributed by atoms with van der Waals surface area (Å²) >= 11 is 0. The van der Waals surface area contributed by atoms with Crippen molar-refractivity contribution in [3.63, 3.8) is 0 Å². The summed E-state index contributed by atoms with van der Waals surface area (Å²) in [6, 6.07) is 0. The minimum atomic E-state index is -0.355. The van der Waals surface area contributed by atoms with Crippen molar-refractivity contribution in [3.05, 3.63) is 0 Å². The van der Waals surface area contributed by atoms with Crippen LogP contribution in [0.2, 0.25) is 0 Å². The number of amides is 1. The molecule has 16 heavy (non-hydrogen) atoms. The second-order valence-corrected chi connectivity index (χ2v) is 3.77. The number of carbonyl (C=O) groups excluding carboxylic acids is 1. The molecule has 0 aliphatic heterocycles. The Kier molecular flexibility index (Phi) is 10.4. The quantitative estimate of drug-likeness (QED) is 0.460. The van der Waals surface area contributed by atoms with Crippen LogP contribution in [0, 0.1) is 0 Å². The minimum absolute atomic E-state index is 0.0419. The summed E-state index contributed by atoms with van der Waals surface area (Å²) in [6.07, 6.45) is 2.18. The molecule has 1 unspecified atom stereocenters. The molecule has 0 radical (unpaired) electrons. The van der Waals surface area contributed by atoms with E-state index in [1.165, 1.54) is 0 Å². The van der Waals surface area contributed by atoms with Crippen molar-refractivity contribution in [2.24, 2.45) is 0 Å². The molecule has 5 nitrogen and oxygen atoms in total. The smallest absolute Gasteiger partial charge is 0.233 e. The second kappa shape index (κ2) is 10.9. The molecule has 0 saturated heterocycles. The average Bonchev–Trinajstić information content (AvgIpc) is 2.25. The van der Waals surface area contributed by atoms with Gasteiger partial charge in [0.05, 0.1) is 12.6 Å². The standard InChI is InChI=1S/C11H24N2O3/c1-3-5-10(14)8-12-9-11(15)13-6-4-7-16-2/h10,12,14H,3-9H2,1-2H3,(H,13,15). The zero-order valence-electron chi connectivity index (χ0n) is 10.3. The molecule has 0 aromatic carbocycles. The number of carbonyl (C=O) groups is 1. The van der Waals surface area contributed by atoms with Gasteiger partial charge in [-0.1, -0.05) is 13.3 Å². The van der Waals surface area contributed by atoms with Gasteiger partial charge in [0.1, 0.15) is 0 Å². The molecule has 0 bridgehead atoms. The lowest BCUT2D eigenvalue weighted by atomic mass is 10.2. The van der Waals surface area contributed by atoms with Crippen LogP contribution in [-0.2, 0) is 9.53 Å². The summed E-state index contributed by atoms with van der Waals surface area (Å²) in [6.45, 7) is 4.04. The van der Waals surface area contributed by atoms with Crippen LogP contribution in [0.25, 0.3) is 0 Å². The van der Waals surface area contributed by atoms with E-state index in [0.717, 1.165) is 19.3 Å². The van der Waals surface area contributed by atoms with E-state index in [1.54, 1.807) is 7.11 Å². The van der Waals surface area contributed by atoms with Gasteiger partial charge in [0.2, 0.25) is 5.91 Å². The van der Waals surface area contributed by atoms with Crippen molar-refractivity contribution in [1.82, 2.24) is 10.6 Å². The van der Waals surface area contributed by atoms with Gasteiger partial charge in [0, 0.05) is 26.8 Å². The summed E-state index contributed by atoms with van der Waals surface area (Å²) in [5.41, 5.74) is 0. The van der Waals surface area contributed by atoms with Gasteiger partial charge in [-0.15, -0.1) is 0 Å². The highest BCUT2D eigenvalue weighted by molar-refractivity contribution is 5.77. The Morgan fingerprint density at radius 1 is 1.50 bits per heavy atom. The normalized spacial score (nSPS) is 12.4. The van der Waals surface area contributed by atoms with Crippen molar-refractivity contribution in [2.75, 3.05) is 33.4 Å². The number of rotatable bonds is 10. The zero-order chi connectivity index (χ0) is 12.2. The highest BCUT2D eigenvalue weighted by Gasteiger charge is 2.04. The Morgan fingerprint density at radius 2 is 2.25 bits per heavy atom. The lowest BCUT2D eigenvalue weighted by molar-refractivity contribution is -0.120. The SMILES string of the molecule is CCCC(O)CNCC(=O)NCCCOC. The van der Waals surface area contributed by atoms with Crippen molar-refractivity contribution in [3.8, 4) is 0 Å². The van der Waals surface area contributed by atoms with E-state index in [9.17, 15) is 9.90 Å². The highest BCUT2D eigenvalue weighted by atomic mass is 16.5. The number of methoxy groups -OCH3 is 1. The monoisotopic (exact) mass is 232 g/mol. The number of aliphatic hydroxyl groups is 1. The first kappa shape index (κ1) is 15.3. The van der Waals surface area contributed by atoms with Crippen molar-refractivity contribution in [2.45, 2.75) is 32.3 Å². The van der Waals surface area contributed by atoms with E-state index >= 15 is 0 Å². The first-order valence-corrected chi connectivity index (χ1v) is 5.85. The van der Waals surface area contributed by atoms with Gasteiger partial charge in [-0.2, -0.15) is 0 Å². The lowest BCUT2D eigenvalue weighted by Crippen LogP contribution is -2.37. The maximum atomic E-state index is 11.2. The molecule has 5 heteroatoms. The van der Waals surface area contributed by atoms with Gasteiger partial charge in [-0.3, -0.25) is 4.79 Å². The third-order valence-electron chi connectivity index (χ3n) is 2.13. The summed E-state index contributed by atoms with van der Waals surface area (Å²) in [5, 5.41) is 15.1. The molecule has 0 spiro atoms. The molecule has 0 aliphatic rings. The molecule has 0 fully saturated rings. The van der Waals surface area contributed by atoms with Crippen LogP contribution in [0.1, 0.15) is 26.2 Å². The number of hydrogen-bond acceptors (Lipinski definition) is 4. The van der Waals surface area contributed by atoms with Crippen LogP contribution < -0.4 is 10.6 Å². The van der Waals surface area contributed by atoms with Crippen LogP contribution in [-0.4, -0.2) is 50.5 Å². The van der Waals surface area contributed by atoms with E-state index in [2.05, 4.69) is 10.6 Å². The maximum absolute atomic E-state index is 11.2. The van der Waals surface area contributed by atoms with Gasteiger partial charge < -0.3 is 20.5 Å². The largest absolute Gasteiger partial charge is 0.392 e. The Labute approximate surface area is 97.6 Å². The number of ether oxygens (including phenoxy) is 1. The predicted molar refractivity (Wildman–Crippen MR) is 63.3 cm³/mol. The summed E-state index contributed by atoms with van der Waals surface area (Å²) < 4.78 is 4.86. The minimum Gasteiger partial charge on any atom is -0.392 e. The van der Waals surface area contributed by atoms with Crippen LogP contribution >= 0.6 is 0 Å². The van der Waals surface area contributed by atoms with Gasteiger partial charge in [0.25, 0.3) is 0 Å². The third-order valence-corrected chi connectivity index (χ3v) is 2.13. The van der Waals surface area contributed by atoms with E-state index in [0.29, 0.717) is 19.7 Å². The summed E-state index contributed by atoms with van der Waals surface area (Å²) in [5.74, 6) is -0.0419. The molecule has 0 heterocycles. The zero-order valence-corrected chi connectivity index (χ0v) is 10.3. The second-order valence-electron chi connectivity index (χ2n) is 3.77. The topological polar surface area (TPSA) is 70.6 Å². The first-order valence-electron chi connectivity index (χ1n) is 5.85. The van der Waals surface area contributed by atoms with E-state index in [1.807, 2.05) is 6.92 Å². The third kappa shape index (κ3) is 9.89. The van der Waals surface area contributed by atoms with Crippen molar-refractivity contribution >= 4 is 5.91 Å². The molecule has 1 amide bonds. The molecule has 0 rings (SSSR count). The molecular weight excluding hydrogens is 208 g/mol. The molecular formula is C11H24N2O3. The van der Waals surface area contributed by atoms with E-state index < -0.39 is 0 Å². The van der Waals surface area contributed by atoms with E-state index in [-0.39, 0.29) is 18.6 Å². The van der Waals surface area contributed by atoms with Gasteiger partial charge >= 0.3 is 0 Å². The first-order chi connectivity index (χ1) is 7.70. The highest BCUT2D eigenvalue weighted by Crippen LogP contribution is 1.93. The maximum Gasteiger partial charge on any atom is 0.233 e. The molecule has 1 atom stereocenters. The Morgan fingerprint density at radius 3 is 2.88 bits per heavy atom. The average molecular weight is 232 g/mol. The summed E-state index contributed by atoms with van der Waals surface area (Å²) in [7, 11) is 1.64. The number of aliphatic hydroxyl groups excluding tert-OH is 1. The van der Waals surface area contributed by atoms with Crippen molar-refractivity contribution < 1.29 is 14.6 Å². The van der Waals surface area contributed by atoms with Crippen LogP contribution in [0.3, 0.4) is 0 Å². The molecule has 0 aliphatic carbocycles. The molecule has 3 N–H and O–H groups in total. The Balaban J connectivity index is 3.29. The Hall–Kier alpha value is -0.650. The molecule has 0 aromatic heterocycles. The van der Waals surface area contributed by atoms with Crippen LogP contribution in [0.5, 0.6) is 0 Å². The van der Waals surface area contributed by atoms with Gasteiger partial charge in [0.15, 0.2) is 0 Å². The fraction of sp³-hybridized carbons (Fsp3) is 0.909. The van der Waals surface area contributed by atoms with Crippen LogP contribution in [0.15, 0.2) is 0 Å². The fourth-order valence-corrected chi connectivity index (χ4v) is 1.29. The Bertz CT molecular complexity index is 177. The summed E-state index contributed by atoms with van der Waals surface area (Å²) in [4.78, 5) is 11.2. The fourth-order valence-electron chi connectivity index (χ4n) is 1.29. The van der Waals surface area contributed by atoms with E-state index in [4.69, 9.17) is 4.74 Å². The van der Waals surface area contributed by atoms with Crippen molar-refractivity contribution in [1.29, 1.82) is 0 Å². The van der Waals surface area contributed by atoms with Gasteiger partial charge in [-0.25, -0.2) is 0 Å². The van der Waals surface area contributed by atoms with Crippen LogP contribution in [0.4, 0.5) is 0 Å². The predicted octanol–water partition coefficient (Wildman–Crippen LogP) is -0.110. The number of hydrogen-bond donors (Lipinski definition) is 3. The lowest BCUT2D eigenvalue weighted by Gasteiger charge is -2.10.